The van der Waals surface area contributed by atoms with E-state index in [9.17, 15) is 4.79 Å². The molecule has 1 atom stereocenters. The van der Waals surface area contributed by atoms with Crippen LogP contribution < -0.4 is 4.74 Å². The van der Waals surface area contributed by atoms with Crippen LogP contribution in [0.2, 0.25) is 0 Å². The highest BCUT2D eigenvalue weighted by Crippen LogP contribution is 2.30. The number of amides is 1. The first-order valence-corrected chi connectivity index (χ1v) is 10.5. The number of nitrogens with zero attached hydrogens (tertiary/aromatic N) is 3. The lowest BCUT2D eigenvalue weighted by atomic mass is 9.90. The van der Waals surface area contributed by atoms with Gasteiger partial charge in [-0.05, 0) is 37.0 Å². The van der Waals surface area contributed by atoms with Gasteiger partial charge in [-0.2, -0.15) is 0 Å². The third-order valence-corrected chi connectivity index (χ3v) is 5.94. The Bertz CT molecular complexity index is 678. The van der Waals surface area contributed by atoms with Crippen molar-refractivity contribution >= 4 is 5.91 Å². The summed E-state index contributed by atoms with van der Waals surface area (Å²) in [5, 5.41) is 0. The molecule has 0 spiro atoms. The van der Waals surface area contributed by atoms with Crippen molar-refractivity contribution in [2.75, 3.05) is 39.8 Å². The number of carbonyl (C=O) groups is 1. The third-order valence-electron chi connectivity index (χ3n) is 5.94. The van der Waals surface area contributed by atoms with Gasteiger partial charge in [-0.1, -0.05) is 32.9 Å². The lowest BCUT2D eigenvalue weighted by molar-refractivity contribution is -0.140. The van der Waals surface area contributed by atoms with Gasteiger partial charge in [0.15, 0.2) is 0 Å². The van der Waals surface area contributed by atoms with E-state index in [-0.39, 0.29) is 11.0 Å². The van der Waals surface area contributed by atoms with Gasteiger partial charge in [0.05, 0.1) is 7.11 Å². The monoisotopic (exact) mass is 387 g/mol. The van der Waals surface area contributed by atoms with E-state index < -0.39 is 0 Å². The summed E-state index contributed by atoms with van der Waals surface area (Å²) in [5.41, 5.74) is 1.47. The second-order valence-corrected chi connectivity index (χ2v) is 10.3. The average Bonchev–Trinajstić information content (AvgIpc) is 2.60. The summed E-state index contributed by atoms with van der Waals surface area (Å²) in [7, 11) is 1.70. The molecule has 0 radical (unpaired) electrons. The average molecular weight is 388 g/mol. The molecule has 1 aromatic carbocycles. The first-order chi connectivity index (χ1) is 13.1. The second-order valence-electron chi connectivity index (χ2n) is 10.3. The van der Waals surface area contributed by atoms with Gasteiger partial charge in [-0.3, -0.25) is 14.6 Å². The predicted molar refractivity (Wildman–Crippen MR) is 113 cm³/mol. The summed E-state index contributed by atoms with van der Waals surface area (Å²) >= 11 is 0. The van der Waals surface area contributed by atoms with Crippen LogP contribution in [0.15, 0.2) is 24.3 Å². The molecule has 28 heavy (non-hydrogen) atoms. The molecule has 0 N–H and O–H groups in total. The Morgan fingerprint density at radius 3 is 2.43 bits per heavy atom. The van der Waals surface area contributed by atoms with E-state index in [0.29, 0.717) is 18.4 Å². The first kappa shape index (κ1) is 21.1. The molecule has 5 nitrogen and oxygen atoms in total. The Hall–Kier alpha value is -1.59. The Morgan fingerprint density at radius 2 is 1.82 bits per heavy atom. The Labute approximate surface area is 170 Å². The molecule has 1 aromatic rings. The minimum atomic E-state index is 0.0421. The maximum absolute atomic E-state index is 12.8. The molecule has 156 valence electrons. The molecule has 0 unspecified atom stereocenters. The van der Waals surface area contributed by atoms with Crippen LogP contribution >= 0.6 is 0 Å². The van der Waals surface area contributed by atoms with Crippen LogP contribution in [0, 0.1) is 5.41 Å². The lowest BCUT2D eigenvalue weighted by Gasteiger charge is -2.55. The minimum Gasteiger partial charge on any atom is -0.497 e. The molecule has 2 heterocycles. The zero-order chi connectivity index (χ0) is 20.5. The minimum absolute atomic E-state index is 0.0421. The van der Waals surface area contributed by atoms with Crippen molar-refractivity contribution in [2.24, 2.45) is 5.41 Å². The number of carbonyl (C=O) groups excluding carboxylic acids is 1. The van der Waals surface area contributed by atoms with E-state index in [1.165, 1.54) is 5.56 Å². The highest BCUT2D eigenvalue weighted by atomic mass is 16.5. The van der Waals surface area contributed by atoms with Crippen molar-refractivity contribution in [2.45, 2.75) is 59.2 Å². The molecular weight excluding hydrogens is 350 g/mol. The van der Waals surface area contributed by atoms with Crippen molar-refractivity contribution < 1.29 is 9.53 Å². The van der Waals surface area contributed by atoms with Crippen LogP contribution in [0.4, 0.5) is 0 Å². The lowest BCUT2D eigenvalue weighted by Crippen LogP contribution is -2.70. The smallest absolute Gasteiger partial charge is 0.223 e. The van der Waals surface area contributed by atoms with Crippen LogP contribution in [0.5, 0.6) is 5.75 Å². The van der Waals surface area contributed by atoms with Crippen LogP contribution in [-0.2, 0) is 11.3 Å². The van der Waals surface area contributed by atoms with E-state index in [1.54, 1.807) is 7.11 Å². The maximum atomic E-state index is 12.8. The van der Waals surface area contributed by atoms with E-state index in [4.69, 9.17) is 4.74 Å². The second kappa shape index (κ2) is 8.03. The van der Waals surface area contributed by atoms with E-state index >= 15 is 0 Å². The van der Waals surface area contributed by atoms with Gasteiger partial charge in [0.2, 0.25) is 5.91 Å². The summed E-state index contributed by atoms with van der Waals surface area (Å²) in [6.07, 6.45) is 0.624. The van der Waals surface area contributed by atoms with E-state index in [2.05, 4.69) is 61.5 Å². The molecule has 2 saturated heterocycles. The molecular formula is C23H37N3O2. The quantitative estimate of drug-likeness (QED) is 0.795. The normalized spacial score (nSPS) is 23.4. The summed E-state index contributed by atoms with van der Waals surface area (Å²) in [4.78, 5) is 20.0. The summed E-state index contributed by atoms with van der Waals surface area (Å²) < 4.78 is 5.27. The summed E-state index contributed by atoms with van der Waals surface area (Å²) in [6.45, 7) is 16.8. The van der Waals surface area contributed by atoms with Crippen molar-refractivity contribution in [3.05, 3.63) is 29.8 Å². The van der Waals surface area contributed by atoms with Crippen molar-refractivity contribution in [3.63, 3.8) is 0 Å². The van der Waals surface area contributed by atoms with E-state index in [0.717, 1.165) is 45.0 Å². The van der Waals surface area contributed by atoms with Gasteiger partial charge in [-0.25, -0.2) is 0 Å². The fraction of sp³-hybridized carbons (Fsp3) is 0.696. The topological polar surface area (TPSA) is 36.0 Å². The molecule has 0 bridgehead atoms. The highest BCUT2D eigenvalue weighted by Gasteiger charge is 2.43. The number of ether oxygens (including phenoxy) is 1. The van der Waals surface area contributed by atoms with Gasteiger partial charge >= 0.3 is 0 Å². The van der Waals surface area contributed by atoms with Crippen molar-refractivity contribution in [1.29, 1.82) is 0 Å². The molecule has 0 aliphatic carbocycles. The van der Waals surface area contributed by atoms with Gasteiger partial charge in [-0.15, -0.1) is 0 Å². The Balaban J connectivity index is 1.67. The number of piperazine rings is 2. The van der Waals surface area contributed by atoms with Crippen LogP contribution in [0.1, 0.15) is 46.6 Å². The van der Waals surface area contributed by atoms with E-state index in [1.807, 2.05) is 12.1 Å². The van der Waals surface area contributed by atoms with Gasteiger partial charge < -0.3 is 9.64 Å². The maximum Gasteiger partial charge on any atom is 0.223 e. The number of fused-ring (bicyclic) bond motifs is 1. The number of rotatable bonds is 4. The number of hydrogen-bond donors (Lipinski definition) is 0. The largest absolute Gasteiger partial charge is 0.497 e. The zero-order valence-electron chi connectivity index (χ0n) is 18.5. The van der Waals surface area contributed by atoms with Gasteiger partial charge in [0, 0.05) is 57.3 Å². The third kappa shape index (κ3) is 5.06. The van der Waals surface area contributed by atoms with Crippen molar-refractivity contribution in [1.82, 2.24) is 14.7 Å². The van der Waals surface area contributed by atoms with Gasteiger partial charge in [0.25, 0.3) is 0 Å². The zero-order valence-corrected chi connectivity index (χ0v) is 18.5. The molecule has 0 saturated carbocycles. The molecule has 3 rings (SSSR count). The summed E-state index contributed by atoms with van der Waals surface area (Å²) in [6, 6.07) is 8.77. The molecule has 2 fully saturated rings. The fourth-order valence-corrected chi connectivity index (χ4v) is 4.71. The van der Waals surface area contributed by atoms with Crippen LogP contribution in [-0.4, -0.2) is 72.0 Å². The number of benzene rings is 1. The highest BCUT2D eigenvalue weighted by molar-refractivity contribution is 5.77. The van der Waals surface area contributed by atoms with Crippen LogP contribution in [0.25, 0.3) is 0 Å². The SMILES string of the molecule is COc1ccc(CN2C[C@@H]3CN(C(=O)CC(C)(C)C)CCN3C(C)(C)C2)cc1. The Morgan fingerprint density at radius 1 is 1.14 bits per heavy atom. The molecule has 1 amide bonds. The van der Waals surface area contributed by atoms with Crippen molar-refractivity contribution in [3.8, 4) is 5.75 Å². The molecule has 0 aromatic heterocycles. The standard InChI is InChI=1S/C23H37N3O2/c1-22(2,3)13-21(27)25-11-12-26-19(16-25)15-24(17-23(26,4)5)14-18-7-9-20(28-6)10-8-18/h7-10,19H,11-17H2,1-6H3/t19-/m1/s1. The molecule has 2 aliphatic heterocycles. The molecule has 2 aliphatic rings. The van der Waals surface area contributed by atoms with Gasteiger partial charge in [0.1, 0.15) is 5.75 Å². The fourth-order valence-electron chi connectivity index (χ4n) is 4.71. The molecule has 5 heteroatoms. The van der Waals surface area contributed by atoms with Crippen LogP contribution in [0.3, 0.4) is 0 Å². The Kier molecular flexibility index (Phi) is 6.06. The number of hydrogen-bond acceptors (Lipinski definition) is 4. The predicted octanol–water partition coefficient (Wildman–Crippen LogP) is 3.24. The first-order valence-electron chi connectivity index (χ1n) is 10.5. The number of methoxy groups -OCH3 is 1. The summed E-state index contributed by atoms with van der Waals surface area (Å²) in [5.74, 6) is 1.20.